The van der Waals surface area contributed by atoms with E-state index in [0.717, 1.165) is 19.3 Å². The van der Waals surface area contributed by atoms with Gasteiger partial charge in [-0.05, 0) is 12.8 Å². The van der Waals surface area contributed by atoms with Crippen LogP contribution in [0.5, 0.6) is 0 Å². The second-order valence-corrected chi connectivity index (χ2v) is 11.9. The fourth-order valence-electron chi connectivity index (χ4n) is 2.38. The van der Waals surface area contributed by atoms with Gasteiger partial charge in [-0.25, -0.2) is 0 Å². The lowest BCUT2D eigenvalue weighted by Crippen LogP contribution is -2.38. The normalized spacial score (nSPS) is 25.9. The van der Waals surface area contributed by atoms with Gasteiger partial charge in [-0.15, -0.1) is 5.92 Å². The van der Waals surface area contributed by atoms with Gasteiger partial charge in [-0.3, -0.25) is 4.79 Å². The highest BCUT2D eigenvalue weighted by atomic mass is 28.3. The molecule has 0 aliphatic carbocycles. The molecule has 20 heavy (non-hydrogen) atoms. The number of carbonyl (C=O) groups excluding carboxylic acids is 1. The molecular weight excluding hydrogens is 268 g/mol. The van der Waals surface area contributed by atoms with Crippen LogP contribution in [-0.2, 0) is 14.3 Å². The zero-order chi connectivity index (χ0) is 15.2. The molecule has 0 spiro atoms. The smallest absolute Gasteiger partial charge is 0.312 e. The van der Waals surface area contributed by atoms with Crippen LogP contribution in [0, 0.1) is 17.8 Å². The maximum atomic E-state index is 11.9. The molecule has 0 saturated carbocycles. The highest BCUT2D eigenvalue weighted by Gasteiger charge is 2.44. The Labute approximate surface area is 124 Å². The molecule has 1 aliphatic heterocycles. The first-order valence-corrected chi connectivity index (χ1v) is 11.2. The third-order valence-corrected chi connectivity index (χ3v) is 6.07. The minimum atomic E-state index is -1.42. The van der Waals surface area contributed by atoms with E-state index >= 15 is 0 Å². The Bertz CT molecular complexity index is 375. The fraction of sp³-hybridized carbons (Fsp3) is 0.812. The number of hydrogen-bond acceptors (Lipinski definition) is 3. The van der Waals surface area contributed by atoms with Crippen molar-refractivity contribution in [3.05, 3.63) is 0 Å². The van der Waals surface area contributed by atoms with Gasteiger partial charge in [-0.1, -0.05) is 45.3 Å². The summed E-state index contributed by atoms with van der Waals surface area (Å²) in [6.07, 6.45) is 4.90. The summed E-state index contributed by atoms with van der Waals surface area (Å²) < 4.78 is 11.0. The zero-order valence-corrected chi connectivity index (χ0v) is 14.5. The Morgan fingerprint density at radius 2 is 2.05 bits per heavy atom. The van der Waals surface area contributed by atoms with E-state index in [0.29, 0.717) is 0 Å². The van der Waals surface area contributed by atoms with Gasteiger partial charge in [0.25, 0.3) is 0 Å². The molecule has 0 aromatic heterocycles. The summed E-state index contributed by atoms with van der Waals surface area (Å²) in [7, 11) is 0.0160. The monoisotopic (exact) mass is 296 g/mol. The Morgan fingerprint density at radius 1 is 1.35 bits per heavy atom. The van der Waals surface area contributed by atoms with Crippen molar-refractivity contribution in [2.75, 3.05) is 7.11 Å². The van der Waals surface area contributed by atoms with Gasteiger partial charge in [0.05, 0.1) is 26.8 Å². The maximum Gasteiger partial charge on any atom is 0.312 e. The lowest BCUT2D eigenvalue weighted by molar-refractivity contribution is -0.146. The van der Waals surface area contributed by atoms with Gasteiger partial charge in [0, 0.05) is 6.42 Å². The van der Waals surface area contributed by atoms with Crippen LogP contribution < -0.4 is 0 Å². The molecule has 0 radical (unpaired) electrons. The minimum Gasteiger partial charge on any atom is -0.469 e. The second kappa shape index (κ2) is 7.85. The molecule has 1 saturated heterocycles. The number of hydrogen-bond donors (Lipinski definition) is 0. The number of ether oxygens (including phenoxy) is 2. The highest BCUT2D eigenvalue weighted by molar-refractivity contribution is 6.77. The van der Waals surface area contributed by atoms with Crippen molar-refractivity contribution in [2.45, 2.75) is 70.5 Å². The summed E-state index contributed by atoms with van der Waals surface area (Å²) in [6, 6.07) is 0. The summed E-state index contributed by atoms with van der Waals surface area (Å²) in [5.74, 6) is 5.94. The average molecular weight is 296 g/mol. The van der Waals surface area contributed by atoms with E-state index in [1.54, 1.807) is 0 Å². The number of esters is 1. The summed E-state index contributed by atoms with van der Waals surface area (Å²) in [4.78, 5) is 11.9. The number of rotatable bonds is 5. The van der Waals surface area contributed by atoms with Gasteiger partial charge in [-0.2, -0.15) is 0 Å². The van der Waals surface area contributed by atoms with Gasteiger partial charge < -0.3 is 9.47 Å². The number of unbranched alkanes of at least 4 members (excludes halogenated alkanes) is 3. The van der Waals surface area contributed by atoms with Gasteiger partial charge in [0.1, 0.15) is 6.10 Å². The van der Waals surface area contributed by atoms with Crippen LogP contribution in [0.25, 0.3) is 0 Å². The van der Waals surface area contributed by atoms with Crippen LogP contribution in [0.3, 0.4) is 0 Å². The third kappa shape index (κ3) is 4.95. The first-order valence-electron chi connectivity index (χ1n) is 7.61. The molecule has 0 bridgehead atoms. The van der Waals surface area contributed by atoms with Crippen molar-refractivity contribution in [2.24, 2.45) is 5.92 Å². The van der Waals surface area contributed by atoms with Crippen molar-refractivity contribution in [1.82, 2.24) is 0 Å². The van der Waals surface area contributed by atoms with Crippen LogP contribution in [0.4, 0.5) is 0 Å². The second-order valence-electron chi connectivity index (χ2n) is 6.55. The number of carbonyl (C=O) groups is 1. The van der Waals surface area contributed by atoms with Gasteiger partial charge >= 0.3 is 5.97 Å². The summed E-state index contributed by atoms with van der Waals surface area (Å²) >= 11 is 0. The molecule has 4 heteroatoms. The van der Waals surface area contributed by atoms with Crippen molar-refractivity contribution < 1.29 is 14.3 Å². The van der Waals surface area contributed by atoms with E-state index < -0.39 is 8.07 Å². The summed E-state index contributed by atoms with van der Waals surface area (Å²) in [5, 5.41) is 0. The predicted octanol–water partition coefficient (Wildman–Crippen LogP) is 3.39. The predicted molar refractivity (Wildman–Crippen MR) is 84.0 cm³/mol. The van der Waals surface area contributed by atoms with Crippen molar-refractivity contribution in [3.8, 4) is 11.8 Å². The van der Waals surface area contributed by atoms with E-state index in [2.05, 4.69) is 38.4 Å². The van der Waals surface area contributed by atoms with Gasteiger partial charge in [0.15, 0.2) is 0 Å². The third-order valence-electron chi connectivity index (χ3n) is 3.76. The van der Waals surface area contributed by atoms with E-state index in [4.69, 9.17) is 9.47 Å². The first kappa shape index (κ1) is 17.3. The van der Waals surface area contributed by atoms with Gasteiger partial charge in [0.2, 0.25) is 0 Å². The number of methoxy groups -OCH3 is 1. The Morgan fingerprint density at radius 3 is 2.60 bits per heavy atom. The van der Waals surface area contributed by atoms with Crippen LogP contribution in [-0.4, -0.2) is 33.0 Å². The molecule has 1 heterocycles. The SMILES string of the molecule is CCCCCC#C[C@H]1O[C@@H]([Si](C)(C)C)C[C@@H]1C(=O)OC. The van der Waals surface area contributed by atoms with Crippen LogP contribution in [0.15, 0.2) is 0 Å². The fourth-order valence-corrected chi connectivity index (χ4v) is 3.90. The molecule has 0 aromatic carbocycles. The largest absolute Gasteiger partial charge is 0.469 e. The molecule has 0 N–H and O–H groups in total. The van der Waals surface area contributed by atoms with Crippen molar-refractivity contribution in [1.29, 1.82) is 0 Å². The molecule has 3 atom stereocenters. The Balaban J connectivity index is 2.67. The van der Waals surface area contributed by atoms with Crippen molar-refractivity contribution in [3.63, 3.8) is 0 Å². The first-order chi connectivity index (χ1) is 9.40. The zero-order valence-electron chi connectivity index (χ0n) is 13.5. The summed E-state index contributed by atoms with van der Waals surface area (Å²) in [6.45, 7) is 8.98. The van der Waals surface area contributed by atoms with E-state index in [9.17, 15) is 4.79 Å². The molecule has 0 aromatic rings. The van der Waals surface area contributed by atoms with Crippen LogP contribution in [0.2, 0.25) is 19.6 Å². The molecule has 0 unspecified atom stereocenters. The van der Waals surface area contributed by atoms with Crippen LogP contribution in [0.1, 0.15) is 39.0 Å². The quantitative estimate of drug-likeness (QED) is 0.338. The Kier molecular flexibility index (Phi) is 6.77. The maximum absolute atomic E-state index is 11.9. The standard InChI is InChI=1S/C16H28O3Si/c1-6-7-8-9-10-11-14-13(16(17)18-2)12-15(19-14)20(3,4)5/h13-15H,6-9,12H2,1-5H3/t13-,14+,15-/m0/s1. The molecular formula is C16H28O3Si. The molecule has 1 rings (SSSR count). The van der Waals surface area contributed by atoms with Crippen molar-refractivity contribution >= 4 is 14.0 Å². The minimum absolute atomic E-state index is 0.182. The molecule has 0 amide bonds. The lowest BCUT2D eigenvalue weighted by Gasteiger charge is -2.23. The topological polar surface area (TPSA) is 35.5 Å². The molecule has 3 nitrogen and oxygen atoms in total. The van der Waals surface area contributed by atoms with E-state index in [1.165, 1.54) is 20.0 Å². The Hall–Kier alpha value is -0.793. The van der Waals surface area contributed by atoms with Crippen LogP contribution >= 0.6 is 0 Å². The van der Waals surface area contributed by atoms with E-state index in [1.807, 2.05) is 0 Å². The highest BCUT2D eigenvalue weighted by Crippen LogP contribution is 2.32. The molecule has 1 aliphatic rings. The summed E-state index contributed by atoms with van der Waals surface area (Å²) in [5.41, 5.74) is 0.196. The molecule has 1 fully saturated rings. The average Bonchev–Trinajstić information content (AvgIpc) is 2.81. The lowest BCUT2D eigenvalue weighted by atomic mass is 10.0. The molecule has 114 valence electrons. The van der Waals surface area contributed by atoms with E-state index in [-0.39, 0.29) is 23.7 Å².